The van der Waals surface area contributed by atoms with E-state index in [-0.39, 0.29) is 5.97 Å². The zero-order valence-corrected chi connectivity index (χ0v) is 22.4. The summed E-state index contributed by atoms with van der Waals surface area (Å²) >= 11 is 0. The van der Waals surface area contributed by atoms with Crippen LogP contribution in [0, 0.1) is 0 Å². The molecular formula is C30H60O2. The average molecular weight is 453 g/mol. The minimum absolute atomic E-state index is 0.0231. The van der Waals surface area contributed by atoms with Crippen molar-refractivity contribution in [1.82, 2.24) is 0 Å². The Kier molecular flexibility index (Phi) is 28.0. The SMILES string of the molecule is CCCCCCCCCCCCCCCCCCC(=O)OCCCCCCCCCCC. The highest BCUT2D eigenvalue weighted by atomic mass is 16.5. The number of ether oxygens (including phenoxy) is 1. The van der Waals surface area contributed by atoms with Crippen molar-refractivity contribution in [2.75, 3.05) is 6.61 Å². The standard InChI is InChI=1S/C30H60O2/c1-3-5-7-9-11-13-14-15-16-17-18-19-20-22-24-26-28-30(31)32-29-27-25-23-21-12-10-8-6-4-2/h3-29H2,1-2H3. The fourth-order valence-corrected chi connectivity index (χ4v) is 4.49. The van der Waals surface area contributed by atoms with Gasteiger partial charge in [0, 0.05) is 6.42 Å². The molecule has 192 valence electrons. The van der Waals surface area contributed by atoms with E-state index >= 15 is 0 Å². The second kappa shape index (κ2) is 28.5. The summed E-state index contributed by atoms with van der Waals surface area (Å²) in [7, 11) is 0. The van der Waals surface area contributed by atoms with E-state index in [1.54, 1.807) is 0 Å². The van der Waals surface area contributed by atoms with Gasteiger partial charge in [-0.15, -0.1) is 0 Å². The molecule has 0 aliphatic rings. The predicted octanol–water partition coefficient (Wildman–Crippen LogP) is 10.7. The summed E-state index contributed by atoms with van der Waals surface area (Å²) < 4.78 is 5.39. The summed E-state index contributed by atoms with van der Waals surface area (Å²) in [6.45, 7) is 5.19. The van der Waals surface area contributed by atoms with Crippen LogP contribution in [0.25, 0.3) is 0 Å². The molecule has 0 spiro atoms. The largest absolute Gasteiger partial charge is 0.466 e. The number of rotatable bonds is 27. The minimum atomic E-state index is 0.0231. The first-order valence-electron chi connectivity index (χ1n) is 15.0. The molecule has 2 heteroatoms. The molecule has 0 atom stereocenters. The lowest BCUT2D eigenvalue weighted by atomic mass is 10.0. The molecule has 0 rings (SSSR count). The van der Waals surface area contributed by atoms with Gasteiger partial charge < -0.3 is 4.74 Å². The van der Waals surface area contributed by atoms with Crippen molar-refractivity contribution in [2.45, 2.75) is 181 Å². The van der Waals surface area contributed by atoms with Crippen LogP contribution in [0.4, 0.5) is 0 Å². The third-order valence-electron chi connectivity index (χ3n) is 6.75. The Bertz CT molecular complexity index is 353. The monoisotopic (exact) mass is 452 g/mol. The summed E-state index contributed by atoms with van der Waals surface area (Å²) in [5.41, 5.74) is 0. The van der Waals surface area contributed by atoms with Gasteiger partial charge in [-0.1, -0.05) is 162 Å². The first-order chi connectivity index (χ1) is 15.8. The highest BCUT2D eigenvalue weighted by Crippen LogP contribution is 2.14. The van der Waals surface area contributed by atoms with Crippen LogP contribution in [0.1, 0.15) is 181 Å². The third-order valence-corrected chi connectivity index (χ3v) is 6.75. The van der Waals surface area contributed by atoms with Crippen LogP contribution in [-0.2, 0) is 9.53 Å². The third kappa shape index (κ3) is 27.5. The second-order valence-corrected chi connectivity index (χ2v) is 10.1. The van der Waals surface area contributed by atoms with Gasteiger partial charge in [-0.2, -0.15) is 0 Å². The average Bonchev–Trinajstić information content (AvgIpc) is 2.80. The fourth-order valence-electron chi connectivity index (χ4n) is 4.49. The maximum absolute atomic E-state index is 11.8. The number of unbranched alkanes of at least 4 members (excludes halogenated alkanes) is 23. The van der Waals surface area contributed by atoms with Crippen LogP contribution in [0.2, 0.25) is 0 Å². The normalized spacial score (nSPS) is 11.2. The van der Waals surface area contributed by atoms with Crippen LogP contribution in [0.5, 0.6) is 0 Å². The lowest BCUT2D eigenvalue weighted by Crippen LogP contribution is -2.05. The Morgan fingerprint density at radius 1 is 0.406 bits per heavy atom. The molecule has 0 aromatic rings. The van der Waals surface area contributed by atoms with E-state index in [1.165, 1.54) is 148 Å². The van der Waals surface area contributed by atoms with E-state index in [2.05, 4.69) is 13.8 Å². The minimum Gasteiger partial charge on any atom is -0.466 e. The molecule has 0 heterocycles. The summed E-state index contributed by atoms with van der Waals surface area (Å²) in [4.78, 5) is 11.8. The molecule has 0 aromatic heterocycles. The summed E-state index contributed by atoms with van der Waals surface area (Å²) in [5.74, 6) is 0.0231. The summed E-state index contributed by atoms with van der Waals surface area (Å²) in [6, 6.07) is 0. The van der Waals surface area contributed by atoms with E-state index in [9.17, 15) is 4.79 Å². The van der Waals surface area contributed by atoms with Crippen molar-refractivity contribution in [3.05, 3.63) is 0 Å². The van der Waals surface area contributed by atoms with Crippen molar-refractivity contribution >= 4 is 5.97 Å². The molecular weight excluding hydrogens is 392 g/mol. The number of esters is 1. The van der Waals surface area contributed by atoms with Crippen molar-refractivity contribution in [1.29, 1.82) is 0 Å². The maximum Gasteiger partial charge on any atom is 0.305 e. The number of carbonyl (C=O) groups is 1. The van der Waals surface area contributed by atoms with Gasteiger partial charge in [0.2, 0.25) is 0 Å². The molecule has 0 aliphatic carbocycles. The van der Waals surface area contributed by atoms with E-state index in [4.69, 9.17) is 4.74 Å². The zero-order valence-electron chi connectivity index (χ0n) is 22.4. The van der Waals surface area contributed by atoms with E-state index in [0.717, 1.165) is 12.8 Å². The molecule has 0 aliphatic heterocycles. The molecule has 0 aromatic carbocycles. The van der Waals surface area contributed by atoms with Crippen LogP contribution in [0.15, 0.2) is 0 Å². The predicted molar refractivity (Wildman–Crippen MR) is 142 cm³/mol. The second-order valence-electron chi connectivity index (χ2n) is 10.1. The molecule has 0 bridgehead atoms. The van der Waals surface area contributed by atoms with Crippen LogP contribution in [0.3, 0.4) is 0 Å². The van der Waals surface area contributed by atoms with Crippen molar-refractivity contribution in [3.8, 4) is 0 Å². The van der Waals surface area contributed by atoms with Gasteiger partial charge in [0.1, 0.15) is 0 Å². The lowest BCUT2D eigenvalue weighted by Gasteiger charge is -2.06. The van der Waals surface area contributed by atoms with E-state index < -0.39 is 0 Å². The molecule has 0 saturated heterocycles. The Morgan fingerprint density at radius 2 is 0.688 bits per heavy atom. The Morgan fingerprint density at radius 3 is 1.03 bits per heavy atom. The quantitative estimate of drug-likeness (QED) is 0.0914. The van der Waals surface area contributed by atoms with E-state index in [0.29, 0.717) is 13.0 Å². The smallest absolute Gasteiger partial charge is 0.305 e. The van der Waals surface area contributed by atoms with E-state index in [1.807, 2.05) is 0 Å². The molecule has 0 radical (unpaired) electrons. The number of carbonyl (C=O) groups excluding carboxylic acids is 1. The fraction of sp³-hybridized carbons (Fsp3) is 0.967. The molecule has 0 amide bonds. The highest BCUT2D eigenvalue weighted by Gasteiger charge is 2.02. The molecule has 0 N–H and O–H groups in total. The van der Waals surface area contributed by atoms with Crippen molar-refractivity contribution in [3.63, 3.8) is 0 Å². The van der Waals surface area contributed by atoms with Gasteiger partial charge in [-0.05, 0) is 12.8 Å². The highest BCUT2D eigenvalue weighted by molar-refractivity contribution is 5.69. The number of hydrogen-bond donors (Lipinski definition) is 0. The lowest BCUT2D eigenvalue weighted by molar-refractivity contribution is -0.143. The van der Waals surface area contributed by atoms with Gasteiger partial charge >= 0.3 is 5.97 Å². The van der Waals surface area contributed by atoms with Crippen molar-refractivity contribution < 1.29 is 9.53 Å². The van der Waals surface area contributed by atoms with Crippen molar-refractivity contribution in [2.24, 2.45) is 0 Å². The van der Waals surface area contributed by atoms with Gasteiger partial charge in [0.15, 0.2) is 0 Å². The van der Waals surface area contributed by atoms with Gasteiger partial charge in [-0.25, -0.2) is 0 Å². The topological polar surface area (TPSA) is 26.3 Å². The Balaban J connectivity index is 3.13. The van der Waals surface area contributed by atoms with Crippen LogP contribution in [-0.4, -0.2) is 12.6 Å². The first kappa shape index (κ1) is 31.5. The Labute approximate surface area is 203 Å². The molecule has 0 fully saturated rings. The Hall–Kier alpha value is -0.530. The molecule has 2 nitrogen and oxygen atoms in total. The zero-order chi connectivity index (χ0) is 23.4. The molecule has 32 heavy (non-hydrogen) atoms. The van der Waals surface area contributed by atoms with Gasteiger partial charge in [0.05, 0.1) is 6.61 Å². The maximum atomic E-state index is 11.8. The molecule has 0 saturated carbocycles. The number of hydrogen-bond acceptors (Lipinski definition) is 2. The molecule has 0 unspecified atom stereocenters. The van der Waals surface area contributed by atoms with Gasteiger partial charge in [-0.3, -0.25) is 4.79 Å². The van der Waals surface area contributed by atoms with Gasteiger partial charge in [0.25, 0.3) is 0 Å². The first-order valence-corrected chi connectivity index (χ1v) is 15.0. The summed E-state index contributed by atoms with van der Waals surface area (Å²) in [5, 5.41) is 0. The van der Waals surface area contributed by atoms with Crippen LogP contribution >= 0.6 is 0 Å². The van der Waals surface area contributed by atoms with Crippen LogP contribution < -0.4 is 0 Å². The summed E-state index contributed by atoms with van der Waals surface area (Å²) in [6.07, 6.45) is 34.3.